The summed E-state index contributed by atoms with van der Waals surface area (Å²) in [7, 11) is 0. The summed E-state index contributed by atoms with van der Waals surface area (Å²) in [6.07, 6.45) is 5.29. The number of rotatable bonds is 5. The predicted molar refractivity (Wildman–Crippen MR) is 84.4 cm³/mol. The summed E-state index contributed by atoms with van der Waals surface area (Å²) in [5.41, 5.74) is 10.2. The molecule has 1 amide bonds. The number of hydrogen-bond acceptors (Lipinski definition) is 5. The number of benzene rings is 1. The maximum absolute atomic E-state index is 13.5. The van der Waals surface area contributed by atoms with Crippen molar-refractivity contribution in [1.82, 2.24) is 5.32 Å². The molecule has 1 atom stereocenters. The first kappa shape index (κ1) is 17.1. The number of carbonyl (C=O) groups is 1. The number of nitrogens with one attached hydrogen (secondary N) is 1. The Morgan fingerprint density at radius 3 is 2.61 bits per heavy atom. The van der Waals surface area contributed by atoms with E-state index in [0.29, 0.717) is 6.07 Å². The van der Waals surface area contributed by atoms with Gasteiger partial charge in [0.05, 0.1) is 16.6 Å². The van der Waals surface area contributed by atoms with Gasteiger partial charge in [-0.05, 0) is 24.8 Å². The molecule has 0 radical (unpaired) electrons. The Morgan fingerprint density at radius 2 is 2.04 bits per heavy atom. The van der Waals surface area contributed by atoms with Crippen LogP contribution in [-0.2, 0) is 0 Å². The molecule has 1 saturated carbocycles. The Labute approximate surface area is 133 Å². The number of nitro groups is 1. The lowest BCUT2D eigenvalue weighted by atomic mass is 9.84. The molecule has 5 N–H and O–H groups in total. The average molecular weight is 324 g/mol. The lowest BCUT2D eigenvalue weighted by Gasteiger charge is -2.30. The van der Waals surface area contributed by atoms with Crippen molar-refractivity contribution in [3.8, 4) is 0 Å². The van der Waals surface area contributed by atoms with Crippen LogP contribution in [0.25, 0.3) is 0 Å². The van der Waals surface area contributed by atoms with E-state index in [-0.39, 0.29) is 29.8 Å². The van der Waals surface area contributed by atoms with E-state index in [1.165, 1.54) is 6.42 Å². The molecule has 8 heteroatoms. The van der Waals surface area contributed by atoms with Gasteiger partial charge >= 0.3 is 0 Å². The summed E-state index contributed by atoms with van der Waals surface area (Å²) < 4.78 is 13.5. The van der Waals surface area contributed by atoms with Crippen LogP contribution in [0.5, 0.6) is 0 Å². The topological polar surface area (TPSA) is 124 Å². The second-order valence-corrected chi connectivity index (χ2v) is 5.86. The van der Waals surface area contributed by atoms with Gasteiger partial charge in [0.1, 0.15) is 11.5 Å². The molecule has 2 rings (SSSR count). The lowest BCUT2D eigenvalue weighted by molar-refractivity contribution is -0.384. The molecule has 0 spiro atoms. The highest BCUT2D eigenvalue weighted by atomic mass is 19.1. The minimum absolute atomic E-state index is 0.231. The van der Waals surface area contributed by atoms with Gasteiger partial charge in [-0.25, -0.2) is 4.39 Å². The molecule has 0 bridgehead atoms. The van der Waals surface area contributed by atoms with Gasteiger partial charge in [-0.15, -0.1) is 0 Å². The molecule has 23 heavy (non-hydrogen) atoms. The molecule has 0 aromatic heterocycles. The third-order valence-corrected chi connectivity index (χ3v) is 4.35. The van der Waals surface area contributed by atoms with Crippen LogP contribution in [0.1, 0.15) is 42.5 Å². The second kappa shape index (κ2) is 7.36. The maximum atomic E-state index is 13.5. The van der Waals surface area contributed by atoms with E-state index >= 15 is 0 Å². The quantitative estimate of drug-likeness (QED) is 0.434. The van der Waals surface area contributed by atoms with E-state index in [0.717, 1.165) is 31.7 Å². The molecule has 1 fully saturated rings. The number of nitrogens with zero attached hydrogens (tertiary/aromatic N) is 1. The van der Waals surface area contributed by atoms with Gasteiger partial charge in [0.15, 0.2) is 0 Å². The van der Waals surface area contributed by atoms with Gasteiger partial charge < -0.3 is 16.8 Å². The first-order chi connectivity index (χ1) is 10.9. The van der Waals surface area contributed by atoms with Crippen LogP contribution < -0.4 is 16.8 Å². The van der Waals surface area contributed by atoms with Gasteiger partial charge in [0.25, 0.3) is 11.6 Å². The summed E-state index contributed by atoms with van der Waals surface area (Å²) in [6.45, 7) is 0.258. The number of halogens is 1. The summed E-state index contributed by atoms with van der Waals surface area (Å²) in [5, 5.41) is 13.6. The van der Waals surface area contributed by atoms with Crippen LogP contribution in [0.4, 0.5) is 15.8 Å². The van der Waals surface area contributed by atoms with Gasteiger partial charge in [0, 0.05) is 12.6 Å². The highest BCUT2D eigenvalue weighted by Crippen LogP contribution is 2.29. The number of hydrogen-bond donors (Lipinski definition) is 3. The van der Waals surface area contributed by atoms with Crippen molar-refractivity contribution in [3.63, 3.8) is 0 Å². The smallest absolute Gasteiger partial charge is 0.295 e. The van der Waals surface area contributed by atoms with E-state index in [2.05, 4.69) is 5.32 Å². The Bertz CT molecular complexity index is 603. The van der Waals surface area contributed by atoms with Crippen LogP contribution in [0.15, 0.2) is 12.1 Å². The highest BCUT2D eigenvalue weighted by molar-refractivity contribution is 6.01. The van der Waals surface area contributed by atoms with Crippen molar-refractivity contribution in [2.24, 2.45) is 11.7 Å². The first-order valence-corrected chi connectivity index (χ1v) is 7.68. The first-order valence-electron chi connectivity index (χ1n) is 7.68. The van der Waals surface area contributed by atoms with E-state index in [4.69, 9.17) is 11.5 Å². The van der Waals surface area contributed by atoms with Crippen LogP contribution in [0.2, 0.25) is 0 Å². The molecule has 0 aliphatic heterocycles. The summed E-state index contributed by atoms with van der Waals surface area (Å²) in [5.74, 6) is -1.24. The largest absolute Gasteiger partial charge is 0.393 e. The van der Waals surface area contributed by atoms with E-state index in [9.17, 15) is 19.3 Å². The van der Waals surface area contributed by atoms with Gasteiger partial charge in [0.2, 0.25) is 0 Å². The van der Waals surface area contributed by atoms with Crippen LogP contribution in [-0.4, -0.2) is 23.4 Å². The molecule has 126 valence electrons. The van der Waals surface area contributed by atoms with Crippen molar-refractivity contribution in [2.75, 3.05) is 12.3 Å². The fourth-order valence-corrected chi connectivity index (χ4v) is 3.09. The zero-order valence-corrected chi connectivity index (χ0v) is 12.8. The van der Waals surface area contributed by atoms with Crippen molar-refractivity contribution < 1.29 is 14.1 Å². The maximum Gasteiger partial charge on any atom is 0.295 e. The molecule has 0 heterocycles. The number of amides is 1. The molecule has 1 unspecified atom stereocenters. The van der Waals surface area contributed by atoms with E-state index in [1.54, 1.807) is 0 Å². The molecule has 1 aliphatic rings. The summed E-state index contributed by atoms with van der Waals surface area (Å²) in [4.78, 5) is 22.4. The van der Waals surface area contributed by atoms with Gasteiger partial charge in [-0.1, -0.05) is 19.3 Å². The van der Waals surface area contributed by atoms with E-state index < -0.39 is 22.3 Å². The molecular formula is C15H21FN4O3. The minimum atomic E-state index is -0.877. The monoisotopic (exact) mass is 324 g/mol. The molecule has 0 saturated heterocycles. The van der Waals surface area contributed by atoms with Crippen LogP contribution in [0, 0.1) is 21.8 Å². The summed E-state index contributed by atoms with van der Waals surface area (Å²) >= 11 is 0. The third kappa shape index (κ3) is 3.95. The second-order valence-electron chi connectivity index (χ2n) is 5.86. The van der Waals surface area contributed by atoms with Crippen molar-refractivity contribution in [2.45, 2.75) is 38.1 Å². The van der Waals surface area contributed by atoms with Gasteiger partial charge in [-0.3, -0.25) is 14.9 Å². The van der Waals surface area contributed by atoms with E-state index in [1.807, 2.05) is 0 Å². The number of nitrogen functional groups attached to an aromatic ring is 1. The predicted octanol–water partition coefficient (Wildman–Crippen LogP) is 1.95. The zero-order chi connectivity index (χ0) is 17.0. The molecule has 1 aromatic carbocycles. The molecule has 1 aromatic rings. The van der Waals surface area contributed by atoms with Crippen LogP contribution >= 0.6 is 0 Å². The minimum Gasteiger partial charge on any atom is -0.393 e. The van der Waals surface area contributed by atoms with Crippen molar-refractivity contribution >= 4 is 17.3 Å². The fraction of sp³-hybridized carbons (Fsp3) is 0.533. The number of carbonyl (C=O) groups excluding carboxylic acids is 1. The highest BCUT2D eigenvalue weighted by Gasteiger charge is 2.27. The number of nitrogens with two attached hydrogens (primary N) is 2. The van der Waals surface area contributed by atoms with Crippen molar-refractivity contribution in [3.05, 3.63) is 33.6 Å². The SMILES string of the molecule is NCC(NC(=O)c1cc(F)cc([N+](=O)[O-])c1N)C1CCCCC1. The zero-order valence-electron chi connectivity index (χ0n) is 12.8. The Balaban J connectivity index is 2.20. The number of nitro benzene ring substituents is 1. The fourth-order valence-electron chi connectivity index (χ4n) is 3.09. The Morgan fingerprint density at radius 1 is 1.39 bits per heavy atom. The normalized spacial score (nSPS) is 16.8. The van der Waals surface area contributed by atoms with Crippen molar-refractivity contribution in [1.29, 1.82) is 0 Å². The average Bonchev–Trinajstić information content (AvgIpc) is 2.54. The lowest BCUT2D eigenvalue weighted by Crippen LogP contribution is -2.46. The third-order valence-electron chi connectivity index (χ3n) is 4.35. The Hall–Kier alpha value is -2.22. The Kier molecular flexibility index (Phi) is 5.49. The van der Waals surface area contributed by atoms with Gasteiger partial charge in [-0.2, -0.15) is 0 Å². The molecular weight excluding hydrogens is 303 g/mol. The standard InChI is InChI=1S/C15H21FN4O3/c16-10-6-11(14(18)13(7-10)20(22)23)15(21)19-12(8-17)9-4-2-1-3-5-9/h6-7,9,12H,1-5,8,17-18H2,(H,19,21). The molecule has 7 nitrogen and oxygen atoms in total. The molecule has 1 aliphatic carbocycles. The number of anilines is 1. The summed E-state index contributed by atoms with van der Waals surface area (Å²) in [6, 6.07) is 1.37. The van der Waals surface area contributed by atoms with Crippen LogP contribution in [0.3, 0.4) is 0 Å².